The highest BCUT2D eigenvalue weighted by Crippen LogP contribution is 2.32. The molecule has 0 bridgehead atoms. The number of aromatic amines is 1. The van der Waals surface area contributed by atoms with Crippen LogP contribution < -0.4 is 0 Å². The Morgan fingerprint density at radius 3 is 2.88 bits per heavy atom. The first-order valence-corrected chi connectivity index (χ1v) is 8.32. The van der Waals surface area contributed by atoms with Gasteiger partial charge in [-0.05, 0) is 11.6 Å². The Morgan fingerprint density at radius 2 is 2.08 bits per heavy atom. The van der Waals surface area contributed by atoms with Crippen molar-refractivity contribution in [3.8, 4) is 0 Å². The molecule has 1 saturated heterocycles. The number of amides is 2. The van der Waals surface area contributed by atoms with Gasteiger partial charge in [0.25, 0.3) is 0 Å². The van der Waals surface area contributed by atoms with E-state index in [2.05, 4.69) is 9.72 Å². The van der Waals surface area contributed by atoms with E-state index in [0.717, 1.165) is 22.2 Å². The lowest BCUT2D eigenvalue weighted by molar-refractivity contribution is -0.158. The lowest BCUT2D eigenvalue weighted by Crippen LogP contribution is -2.61. The first-order chi connectivity index (χ1) is 12.1. The third-order valence-electron chi connectivity index (χ3n) is 5.06. The van der Waals surface area contributed by atoms with Crippen molar-refractivity contribution >= 4 is 28.7 Å². The smallest absolute Gasteiger partial charge is 0.307 e. The van der Waals surface area contributed by atoms with Crippen LogP contribution in [0.15, 0.2) is 24.3 Å². The van der Waals surface area contributed by atoms with Crippen molar-refractivity contribution < 1.29 is 19.1 Å². The van der Waals surface area contributed by atoms with Crippen molar-refractivity contribution in [2.45, 2.75) is 25.4 Å². The van der Waals surface area contributed by atoms with Gasteiger partial charge in [-0.25, -0.2) is 0 Å². The molecular weight excluding hydrogens is 322 g/mol. The molecular formula is C18H19N3O4. The number of fused-ring (bicyclic) bond motifs is 4. The maximum atomic E-state index is 12.8. The summed E-state index contributed by atoms with van der Waals surface area (Å²) < 4.78 is 4.62. The van der Waals surface area contributed by atoms with E-state index >= 15 is 0 Å². The lowest BCUT2D eigenvalue weighted by atomic mass is 9.94. The molecule has 0 saturated carbocycles. The number of carbonyl (C=O) groups excluding carboxylic acids is 3. The second-order valence-electron chi connectivity index (χ2n) is 6.46. The number of hydrogen-bond donors (Lipinski definition) is 1. The minimum Gasteiger partial charge on any atom is -0.469 e. The number of rotatable bonds is 3. The van der Waals surface area contributed by atoms with Crippen LogP contribution in [0.5, 0.6) is 0 Å². The topological polar surface area (TPSA) is 82.7 Å². The zero-order valence-corrected chi connectivity index (χ0v) is 13.9. The van der Waals surface area contributed by atoms with Crippen molar-refractivity contribution in [1.82, 2.24) is 14.8 Å². The summed E-state index contributed by atoms with van der Waals surface area (Å²) in [6.07, 6.45) is 0.596. The molecule has 2 amide bonds. The van der Waals surface area contributed by atoms with Gasteiger partial charge in [0.1, 0.15) is 6.04 Å². The van der Waals surface area contributed by atoms with Crippen molar-refractivity contribution in [2.75, 3.05) is 20.2 Å². The standard InChI is InChI=1S/C18H19N3O4/c1-25-17(23)6-7-20-10-16(22)21-9-14-12(8-15(21)18(20)24)11-4-2-3-5-13(11)19-14/h2-5,15,19H,6-10H2,1H3. The van der Waals surface area contributed by atoms with E-state index in [9.17, 15) is 14.4 Å². The number of carbonyl (C=O) groups is 3. The highest BCUT2D eigenvalue weighted by atomic mass is 16.5. The van der Waals surface area contributed by atoms with Gasteiger partial charge in [0.05, 0.1) is 26.6 Å². The number of para-hydroxylation sites is 1. The van der Waals surface area contributed by atoms with Gasteiger partial charge in [0, 0.05) is 29.6 Å². The molecule has 1 aromatic carbocycles. The van der Waals surface area contributed by atoms with Crippen LogP contribution in [0.3, 0.4) is 0 Å². The molecule has 0 radical (unpaired) electrons. The molecule has 2 aromatic rings. The first-order valence-electron chi connectivity index (χ1n) is 8.32. The van der Waals surface area contributed by atoms with E-state index in [4.69, 9.17) is 0 Å². The summed E-state index contributed by atoms with van der Waals surface area (Å²) in [5.41, 5.74) is 3.13. The van der Waals surface area contributed by atoms with Gasteiger partial charge in [-0.15, -0.1) is 0 Å². The number of nitrogens with zero attached hydrogens (tertiary/aromatic N) is 2. The van der Waals surface area contributed by atoms with E-state index in [1.165, 1.54) is 12.0 Å². The SMILES string of the molecule is COC(=O)CCN1CC(=O)N2Cc3[nH]c4ccccc4c3CC2C1=O. The number of methoxy groups -OCH3 is 1. The number of H-pyrrole nitrogens is 1. The first kappa shape index (κ1) is 15.7. The highest BCUT2D eigenvalue weighted by Gasteiger charge is 2.42. The number of esters is 1. The average molecular weight is 341 g/mol. The van der Waals surface area contributed by atoms with Gasteiger partial charge >= 0.3 is 5.97 Å². The van der Waals surface area contributed by atoms with Gasteiger partial charge in [-0.1, -0.05) is 18.2 Å². The van der Waals surface area contributed by atoms with Crippen LogP contribution in [0.4, 0.5) is 0 Å². The molecule has 7 heteroatoms. The van der Waals surface area contributed by atoms with Gasteiger partial charge in [0.2, 0.25) is 11.8 Å². The van der Waals surface area contributed by atoms with Crippen LogP contribution in [0.1, 0.15) is 17.7 Å². The molecule has 1 aromatic heterocycles. The summed E-state index contributed by atoms with van der Waals surface area (Å²) in [5.74, 6) is -0.566. The predicted molar refractivity (Wildman–Crippen MR) is 89.6 cm³/mol. The molecule has 3 heterocycles. The molecule has 1 N–H and O–H groups in total. The molecule has 0 spiro atoms. The minimum absolute atomic E-state index is 0.0158. The Hall–Kier alpha value is -2.83. The number of nitrogens with one attached hydrogen (secondary N) is 1. The van der Waals surface area contributed by atoms with E-state index in [1.807, 2.05) is 24.3 Å². The van der Waals surface area contributed by atoms with Gasteiger partial charge in [-0.3, -0.25) is 14.4 Å². The fraction of sp³-hybridized carbons (Fsp3) is 0.389. The van der Waals surface area contributed by atoms with Crippen LogP contribution in [0, 0.1) is 0 Å². The maximum Gasteiger partial charge on any atom is 0.307 e. The summed E-state index contributed by atoms with van der Waals surface area (Å²) in [7, 11) is 1.31. The zero-order chi connectivity index (χ0) is 17.6. The molecule has 25 heavy (non-hydrogen) atoms. The summed E-state index contributed by atoms with van der Waals surface area (Å²) in [4.78, 5) is 43.2. The normalized spacial score (nSPS) is 19.8. The molecule has 1 atom stereocenters. The van der Waals surface area contributed by atoms with E-state index in [1.54, 1.807) is 4.90 Å². The Kier molecular flexibility index (Phi) is 3.71. The maximum absolute atomic E-state index is 12.8. The molecule has 130 valence electrons. The third-order valence-corrected chi connectivity index (χ3v) is 5.06. The monoisotopic (exact) mass is 341 g/mol. The van der Waals surface area contributed by atoms with Gasteiger partial charge < -0.3 is 19.5 Å². The Labute approximate surface area is 144 Å². The van der Waals surface area contributed by atoms with Gasteiger partial charge in [0.15, 0.2) is 0 Å². The fourth-order valence-electron chi connectivity index (χ4n) is 3.75. The Bertz CT molecular complexity index is 872. The number of benzene rings is 1. The van der Waals surface area contributed by atoms with E-state index in [-0.39, 0.29) is 37.3 Å². The van der Waals surface area contributed by atoms with Crippen LogP contribution >= 0.6 is 0 Å². The molecule has 0 aliphatic carbocycles. The molecule has 2 aliphatic rings. The quantitative estimate of drug-likeness (QED) is 0.838. The van der Waals surface area contributed by atoms with E-state index in [0.29, 0.717) is 13.0 Å². The summed E-state index contributed by atoms with van der Waals surface area (Å²) >= 11 is 0. The fourth-order valence-corrected chi connectivity index (χ4v) is 3.75. The third kappa shape index (κ3) is 2.56. The molecule has 1 fully saturated rings. The summed E-state index contributed by atoms with van der Waals surface area (Å²) in [5, 5.41) is 1.10. The number of hydrogen-bond acceptors (Lipinski definition) is 4. The molecule has 1 unspecified atom stereocenters. The number of aromatic nitrogens is 1. The van der Waals surface area contributed by atoms with Crippen LogP contribution in [0.25, 0.3) is 10.9 Å². The van der Waals surface area contributed by atoms with Crippen molar-refractivity contribution in [3.05, 3.63) is 35.5 Å². The largest absolute Gasteiger partial charge is 0.469 e. The van der Waals surface area contributed by atoms with Crippen LogP contribution in [0.2, 0.25) is 0 Å². The Balaban J connectivity index is 1.61. The van der Waals surface area contributed by atoms with Crippen molar-refractivity contribution in [3.63, 3.8) is 0 Å². The zero-order valence-electron chi connectivity index (χ0n) is 13.9. The number of piperazine rings is 1. The minimum atomic E-state index is -0.495. The summed E-state index contributed by atoms with van der Waals surface area (Å²) in [6, 6.07) is 7.47. The number of ether oxygens (including phenoxy) is 1. The van der Waals surface area contributed by atoms with Crippen molar-refractivity contribution in [2.24, 2.45) is 0 Å². The predicted octanol–water partition coefficient (Wildman–Crippen LogP) is 0.826. The van der Waals surface area contributed by atoms with Crippen LogP contribution in [-0.4, -0.2) is 58.8 Å². The summed E-state index contributed by atoms with van der Waals surface area (Å²) in [6.45, 7) is 0.647. The second kappa shape index (κ2) is 5.91. The van der Waals surface area contributed by atoms with Crippen LogP contribution in [-0.2, 0) is 32.1 Å². The van der Waals surface area contributed by atoms with Gasteiger partial charge in [-0.2, -0.15) is 0 Å². The van der Waals surface area contributed by atoms with E-state index < -0.39 is 6.04 Å². The highest BCUT2D eigenvalue weighted by molar-refractivity contribution is 5.97. The average Bonchev–Trinajstić information content (AvgIpc) is 2.99. The Morgan fingerprint density at radius 1 is 1.28 bits per heavy atom. The second-order valence-corrected chi connectivity index (χ2v) is 6.46. The molecule has 2 aliphatic heterocycles. The lowest BCUT2D eigenvalue weighted by Gasteiger charge is -2.42. The molecule has 4 rings (SSSR count). The molecule has 7 nitrogen and oxygen atoms in total. The van der Waals surface area contributed by atoms with Crippen molar-refractivity contribution in [1.29, 1.82) is 0 Å².